The van der Waals surface area contributed by atoms with Gasteiger partial charge in [0.05, 0.1) is 0 Å². The normalized spacial score (nSPS) is 38.1. The quantitative estimate of drug-likeness (QED) is 0.465. The van der Waals surface area contributed by atoms with E-state index in [0.717, 1.165) is 12.8 Å². The summed E-state index contributed by atoms with van der Waals surface area (Å²) in [7, 11) is 0. The molecule has 1 fully saturated rings. The molecule has 0 amide bonds. The summed E-state index contributed by atoms with van der Waals surface area (Å²) >= 11 is 0. The highest BCUT2D eigenvalue weighted by atomic mass is 16.1. The maximum atomic E-state index is 11.2. The number of carbonyl (C=O) groups is 1. The van der Waals surface area contributed by atoms with Gasteiger partial charge in [-0.3, -0.25) is 4.79 Å². The molecule has 0 N–H and O–H groups in total. The highest BCUT2D eigenvalue weighted by Crippen LogP contribution is 2.37. The van der Waals surface area contributed by atoms with Crippen LogP contribution in [0.2, 0.25) is 0 Å². The van der Waals surface area contributed by atoms with Crippen molar-refractivity contribution in [2.24, 2.45) is 11.8 Å². The van der Waals surface area contributed by atoms with E-state index in [-0.39, 0.29) is 0 Å². The first-order chi connectivity index (χ1) is 4.77. The van der Waals surface area contributed by atoms with E-state index >= 15 is 0 Å². The molecule has 1 nitrogen and oxygen atoms in total. The molecule has 0 aromatic heterocycles. The van der Waals surface area contributed by atoms with E-state index in [2.05, 4.69) is 13.0 Å². The van der Waals surface area contributed by atoms with E-state index in [4.69, 9.17) is 0 Å². The molecule has 3 rings (SSSR count). The third-order valence-electron chi connectivity index (χ3n) is 2.73. The lowest BCUT2D eigenvalue weighted by Gasteiger charge is -2.32. The van der Waals surface area contributed by atoms with E-state index in [1.165, 1.54) is 12.0 Å². The van der Waals surface area contributed by atoms with Gasteiger partial charge in [0.15, 0.2) is 0 Å². The minimum atomic E-state index is 0.310. The lowest BCUT2D eigenvalue weighted by atomic mass is 9.71. The van der Waals surface area contributed by atoms with Crippen LogP contribution in [0, 0.1) is 11.8 Å². The Labute approximate surface area is 61.1 Å². The summed E-state index contributed by atoms with van der Waals surface area (Å²) in [6.45, 7) is 2.09. The number of ketones is 1. The van der Waals surface area contributed by atoms with Crippen molar-refractivity contribution < 1.29 is 4.79 Å². The first kappa shape index (κ1) is 6.14. The van der Waals surface area contributed by atoms with Crippen LogP contribution in [0.4, 0.5) is 0 Å². The largest absolute Gasteiger partial charge is 0.299 e. The molecule has 0 saturated heterocycles. The van der Waals surface area contributed by atoms with Gasteiger partial charge in [0, 0.05) is 12.3 Å². The molecule has 1 heteroatoms. The SMILES string of the molecule is CC1=C[C@@H]2CC[C@H]1C(=O)C2. The van der Waals surface area contributed by atoms with Gasteiger partial charge in [-0.2, -0.15) is 0 Å². The molecular formula is C9H12O. The Morgan fingerprint density at radius 2 is 2.30 bits per heavy atom. The van der Waals surface area contributed by atoms with Gasteiger partial charge in [-0.25, -0.2) is 0 Å². The van der Waals surface area contributed by atoms with Crippen LogP contribution in [0.25, 0.3) is 0 Å². The topological polar surface area (TPSA) is 17.1 Å². The molecule has 10 heavy (non-hydrogen) atoms. The molecule has 0 aromatic rings. The van der Waals surface area contributed by atoms with Crippen molar-refractivity contribution in [1.82, 2.24) is 0 Å². The molecule has 0 unspecified atom stereocenters. The Morgan fingerprint density at radius 1 is 1.50 bits per heavy atom. The highest BCUT2D eigenvalue weighted by Gasteiger charge is 2.33. The van der Waals surface area contributed by atoms with E-state index < -0.39 is 0 Å². The average molecular weight is 136 g/mol. The third-order valence-corrected chi connectivity index (χ3v) is 2.73. The van der Waals surface area contributed by atoms with Crippen LogP contribution < -0.4 is 0 Å². The zero-order valence-corrected chi connectivity index (χ0v) is 6.26. The van der Waals surface area contributed by atoms with E-state index in [0.29, 0.717) is 17.6 Å². The minimum absolute atomic E-state index is 0.310. The number of hydrogen-bond donors (Lipinski definition) is 0. The number of fused-ring (bicyclic) bond motifs is 2. The molecule has 3 aliphatic carbocycles. The average Bonchev–Trinajstić information content (AvgIpc) is 1.86. The van der Waals surface area contributed by atoms with E-state index in [1.54, 1.807) is 0 Å². The fourth-order valence-electron chi connectivity index (χ4n) is 2.16. The van der Waals surface area contributed by atoms with Crippen LogP contribution in [-0.4, -0.2) is 5.78 Å². The fraction of sp³-hybridized carbons (Fsp3) is 0.667. The van der Waals surface area contributed by atoms with Gasteiger partial charge in [0.1, 0.15) is 5.78 Å². The van der Waals surface area contributed by atoms with Crippen molar-refractivity contribution in [3.05, 3.63) is 11.6 Å². The van der Waals surface area contributed by atoms with Crippen molar-refractivity contribution in [1.29, 1.82) is 0 Å². The Kier molecular flexibility index (Phi) is 1.19. The molecule has 2 bridgehead atoms. The van der Waals surface area contributed by atoms with Gasteiger partial charge in [-0.15, -0.1) is 0 Å². The van der Waals surface area contributed by atoms with Crippen LogP contribution >= 0.6 is 0 Å². The van der Waals surface area contributed by atoms with Gasteiger partial charge in [-0.1, -0.05) is 11.6 Å². The zero-order valence-electron chi connectivity index (χ0n) is 6.26. The van der Waals surface area contributed by atoms with E-state index in [1.807, 2.05) is 0 Å². The van der Waals surface area contributed by atoms with Crippen molar-refractivity contribution in [2.45, 2.75) is 26.2 Å². The summed E-state index contributed by atoms with van der Waals surface area (Å²) in [5.74, 6) is 1.39. The maximum Gasteiger partial charge on any atom is 0.140 e. The second-order valence-corrected chi connectivity index (χ2v) is 3.47. The third kappa shape index (κ3) is 0.731. The molecular weight excluding hydrogens is 124 g/mol. The van der Waals surface area contributed by atoms with Crippen molar-refractivity contribution in [2.75, 3.05) is 0 Å². The summed E-state index contributed by atoms with van der Waals surface area (Å²) < 4.78 is 0. The summed E-state index contributed by atoms with van der Waals surface area (Å²) in [5.41, 5.74) is 1.33. The molecule has 2 atom stereocenters. The van der Waals surface area contributed by atoms with Gasteiger partial charge in [-0.05, 0) is 25.7 Å². The molecule has 0 spiro atoms. The first-order valence-electron chi connectivity index (χ1n) is 3.98. The first-order valence-corrected chi connectivity index (χ1v) is 3.98. The highest BCUT2D eigenvalue weighted by molar-refractivity contribution is 5.86. The summed E-state index contributed by atoms with van der Waals surface area (Å²) in [6.07, 6.45) is 5.47. The second-order valence-electron chi connectivity index (χ2n) is 3.47. The Morgan fingerprint density at radius 3 is 2.70 bits per heavy atom. The Hall–Kier alpha value is -0.590. The summed E-state index contributed by atoms with van der Waals surface area (Å²) in [5, 5.41) is 0. The molecule has 3 aliphatic rings. The predicted molar refractivity (Wildman–Crippen MR) is 39.6 cm³/mol. The van der Waals surface area contributed by atoms with Gasteiger partial charge in [0.2, 0.25) is 0 Å². The monoisotopic (exact) mass is 136 g/mol. The lowest BCUT2D eigenvalue weighted by molar-refractivity contribution is -0.124. The van der Waals surface area contributed by atoms with Crippen LogP contribution in [-0.2, 0) is 4.79 Å². The van der Waals surface area contributed by atoms with Gasteiger partial charge in [0.25, 0.3) is 0 Å². The Bertz CT molecular complexity index is 203. The zero-order chi connectivity index (χ0) is 7.14. The molecule has 0 aromatic carbocycles. The van der Waals surface area contributed by atoms with Crippen LogP contribution in [0.3, 0.4) is 0 Å². The number of Topliss-reactive ketones (excluding diaryl/α,β-unsaturated/α-hetero) is 1. The van der Waals surface area contributed by atoms with Crippen LogP contribution in [0.5, 0.6) is 0 Å². The maximum absolute atomic E-state index is 11.2. The number of carbonyl (C=O) groups excluding carboxylic acids is 1. The van der Waals surface area contributed by atoms with Crippen LogP contribution in [0.1, 0.15) is 26.2 Å². The predicted octanol–water partition coefficient (Wildman–Crippen LogP) is 1.93. The summed E-state index contributed by atoms with van der Waals surface area (Å²) in [6, 6.07) is 0. The van der Waals surface area contributed by atoms with Crippen molar-refractivity contribution in [3.8, 4) is 0 Å². The molecule has 54 valence electrons. The Balaban J connectivity index is 2.35. The van der Waals surface area contributed by atoms with Crippen LogP contribution in [0.15, 0.2) is 11.6 Å². The lowest BCUT2D eigenvalue weighted by Crippen LogP contribution is -2.29. The summed E-state index contributed by atoms with van der Waals surface area (Å²) in [4.78, 5) is 11.2. The number of allylic oxidation sites excluding steroid dienone is 2. The van der Waals surface area contributed by atoms with E-state index in [9.17, 15) is 4.79 Å². The molecule has 0 aliphatic heterocycles. The second kappa shape index (κ2) is 1.94. The van der Waals surface area contributed by atoms with Gasteiger partial charge < -0.3 is 0 Å². The number of rotatable bonds is 0. The standard InChI is InChI=1S/C9H12O/c1-6-4-7-2-3-8(6)9(10)5-7/h4,7-8H,2-3,5H2,1H3/t7-,8+/m0/s1. The number of hydrogen-bond acceptors (Lipinski definition) is 1. The van der Waals surface area contributed by atoms with Crippen molar-refractivity contribution in [3.63, 3.8) is 0 Å². The van der Waals surface area contributed by atoms with Gasteiger partial charge >= 0.3 is 0 Å². The smallest absolute Gasteiger partial charge is 0.140 e. The van der Waals surface area contributed by atoms with Crippen molar-refractivity contribution >= 4 is 5.78 Å². The molecule has 0 heterocycles. The molecule has 1 saturated carbocycles. The fourth-order valence-corrected chi connectivity index (χ4v) is 2.16. The molecule has 0 radical (unpaired) electrons. The minimum Gasteiger partial charge on any atom is -0.299 e.